The standard InChI is InChI=1S/C12H18ClN3O/c1-8-9(2)11(16-15-10(8)13)14-12(3)5-4-6-17-7-12/h4-7H2,1-3H3,(H,14,16). The fourth-order valence-corrected chi connectivity index (χ4v) is 2.19. The smallest absolute Gasteiger partial charge is 0.155 e. The summed E-state index contributed by atoms with van der Waals surface area (Å²) in [5.74, 6) is 0.805. The van der Waals surface area contributed by atoms with Crippen LogP contribution in [0.4, 0.5) is 5.82 Å². The average Bonchev–Trinajstić information content (AvgIpc) is 2.31. The van der Waals surface area contributed by atoms with Crippen LogP contribution in [0.3, 0.4) is 0 Å². The van der Waals surface area contributed by atoms with Crippen molar-refractivity contribution in [3.63, 3.8) is 0 Å². The third-order valence-corrected chi connectivity index (χ3v) is 3.68. The van der Waals surface area contributed by atoms with E-state index in [1.54, 1.807) is 0 Å². The van der Waals surface area contributed by atoms with Crippen molar-refractivity contribution in [2.45, 2.75) is 39.2 Å². The molecule has 2 rings (SSSR count). The molecule has 0 saturated carbocycles. The van der Waals surface area contributed by atoms with E-state index in [1.165, 1.54) is 0 Å². The van der Waals surface area contributed by atoms with Gasteiger partial charge in [0.05, 0.1) is 12.1 Å². The molecule has 0 spiro atoms. The Morgan fingerprint density at radius 1 is 1.29 bits per heavy atom. The van der Waals surface area contributed by atoms with E-state index in [9.17, 15) is 0 Å². The maximum atomic E-state index is 5.94. The number of rotatable bonds is 2. The van der Waals surface area contributed by atoms with Gasteiger partial charge in [0.25, 0.3) is 0 Å². The van der Waals surface area contributed by atoms with E-state index >= 15 is 0 Å². The number of nitrogens with zero attached hydrogens (tertiary/aromatic N) is 2. The molecule has 0 aromatic carbocycles. The van der Waals surface area contributed by atoms with E-state index in [0.29, 0.717) is 11.8 Å². The monoisotopic (exact) mass is 255 g/mol. The number of hydrogen-bond acceptors (Lipinski definition) is 4. The molecule has 1 aromatic rings. The van der Waals surface area contributed by atoms with Crippen LogP contribution in [0.5, 0.6) is 0 Å². The van der Waals surface area contributed by atoms with E-state index in [2.05, 4.69) is 22.4 Å². The molecule has 1 unspecified atom stereocenters. The fraction of sp³-hybridized carbons (Fsp3) is 0.667. The van der Waals surface area contributed by atoms with Gasteiger partial charge in [0, 0.05) is 6.61 Å². The van der Waals surface area contributed by atoms with Crippen molar-refractivity contribution in [1.82, 2.24) is 10.2 Å². The molecule has 1 fully saturated rings. The van der Waals surface area contributed by atoms with Crippen molar-refractivity contribution in [2.75, 3.05) is 18.5 Å². The Labute approximate surface area is 107 Å². The zero-order valence-electron chi connectivity index (χ0n) is 10.5. The lowest BCUT2D eigenvalue weighted by Gasteiger charge is -2.35. The molecule has 1 saturated heterocycles. The molecule has 4 nitrogen and oxygen atoms in total. The third kappa shape index (κ3) is 2.69. The van der Waals surface area contributed by atoms with Gasteiger partial charge in [-0.15, -0.1) is 10.2 Å². The lowest BCUT2D eigenvalue weighted by atomic mass is 9.94. The predicted molar refractivity (Wildman–Crippen MR) is 68.6 cm³/mol. The fourth-order valence-electron chi connectivity index (χ4n) is 2.01. The lowest BCUT2D eigenvalue weighted by molar-refractivity contribution is 0.0538. The minimum Gasteiger partial charge on any atom is -0.379 e. The molecule has 1 aliphatic rings. The molecular weight excluding hydrogens is 238 g/mol. The first-order valence-corrected chi connectivity index (χ1v) is 6.25. The molecule has 1 atom stereocenters. The largest absolute Gasteiger partial charge is 0.379 e. The molecule has 0 bridgehead atoms. The second kappa shape index (κ2) is 4.78. The minimum atomic E-state index is -0.0576. The van der Waals surface area contributed by atoms with Gasteiger partial charge in [-0.25, -0.2) is 0 Å². The van der Waals surface area contributed by atoms with Crippen LogP contribution >= 0.6 is 11.6 Å². The van der Waals surface area contributed by atoms with Crippen molar-refractivity contribution in [1.29, 1.82) is 0 Å². The first kappa shape index (κ1) is 12.6. The van der Waals surface area contributed by atoms with Gasteiger partial charge in [0.2, 0.25) is 0 Å². The first-order valence-electron chi connectivity index (χ1n) is 5.87. The Kier molecular flexibility index (Phi) is 3.54. The summed E-state index contributed by atoms with van der Waals surface area (Å²) in [6.07, 6.45) is 2.15. The van der Waals surface area contributed by atoms with Gasteiger partial charge in [0.15, 0.2) is 11.0 Å². The third-order valence-electron chi connectivity index (χ3n) is 3.32. The molecule has 1 N–H and O–H groups in total. The summed E-state index contributed by atoms with van der Waals surface area (Å²) in [7, 11) is 0. The van der Waals surface area contributed by atoms with E-state index in [0.717, 1.165) is 36.4 Å². The Balaban J connectivity index is 2.21. The molecular formula is C12H18ClN3O. The van der Waals surface area contributed by atoms with Gasteiger partial charge in [-0.1, -0.05) is 11.6 Å². The lowest BCUT2D eigenvalue weighted by Crippen LogP contribution is -2.43. The van der Waals surface area contributed by atoms with E-state index < -0.39 is 0 Å². The van der Waals surface area contributed by atoms with Gasteiger partial charge < -0.3 is 10.1 Å². The number of hydrogen-bond donors (Lipinski definition) is 1. The highest BCUT2D eigenvalue weighted by molar-refractivity contribution is 6.30. The van der Waals surface area contributed by atoms with Crippen LogP contribution in [0.1, 0.15) is 30.9 Å². The van der Waals surface area contributed by atoms with Gasteiger partial charge in [-0.2, -0.15) is 0 Å². The maximum Gasteiger partial charge on any atom is 0.155 e. The summed E-state index contributed by atoms with van der Waals surface area (Å²) in [5, 5.41) is 12.0. The Morgan fingerprint density at radius 3 is 2.71 bits per heavy atom. The number of nitrogens with one attached hydrogen (secondary N) is 1. The van der Waals surface area contributed by atoms with Gasteiger partial charge in [0.1, 0.15) is 0 Å². The van der Waals surface area contributed by atoms with Crippen molar-refractivity contribution in [3.05, 3.63) is 16.3 Å². The molecule has 0 amide bonds. The van der Waals surface area contributed by atoms with Gasteiger partial charge in [-0.3, -0.25) is 0 Å². The van der Waals surface area contributed by atoms with E-state index in [-0.39, 0.29) is 5.54 Å². The second-order valence-electron chi connectivity index (χ2n) is 4.93. The molecule has 0 radical (unpaired) electrons. The molecule has 17 heavy (non-hydrogen) atoms. The Morgan fingerprint density at radius 2 is 2.06 bits per heavy atom. The highest BCUT2D eigenvalue weighted by Gasteiger charge is 2.28. The minimum absolute atomic E-state index is 0.0576. The second-order valence-corrected chi connectivity index (χ2v) is 5.29. The van der Waals surface area contributed by atoms with Crippen LogP contribution in [-0.4, -0.2) is 29.0 Å². The summed E-state index contributed by atoms with van der Waals surface area (Å²) in [5.41, 5.74) is 1.97. The molecule has 5 heteroatoms. The highest BCUT2D eigenvalue weighted by Crippen LogP contribution is 2.27. The van der Waals surface area contributed by atoms with Crippen LogP contribution in [0, 0.1) is 13.8 Å². The topological polar surface area (TPSA) is 47.0 Å². The van der Waals surface area contributed by atoms with Gasteiger partial charge in [-0.05, 0) is 44.7 Å². The Hall–Kier alpha value is -0.870. The summed E-state index contributed by atoms with van der Waals surface area (Å²) in [4.78, 5) is 0. The number of halogens is 1. The summed E-state index contributed by atoms with van der Waals surface area (Å²) in [6.45, 7) is 7.66. The molecule has 0 aliphatic carbocycles. The normalized spacial score (nSPS) is 24.7. The Bertz CT molecular complexity index is 416. The summed E-state index contributed by atoms with van der Waals surface area (Å²) in [6, 6.07) is 0. The highest BCUT2D eigenvalue weighted by atomic mass is 35.5. The van der Waals surface area contributed by atoms with Crippen molar-refractivity contribution in [3.8, 4) is 0 Å². The van der Waals surface area contributed by atoms with Crippen LogP contribution in [0.25, 0.3) is 0 Å². The number of anilines is 1. The van der Waals surface area contributed by atoms with E-state index in [4.69, 9.17) is 16.3 Å². The maximum absolute atomic E-state index is 5.94. The van der Waals surface area contributed by atoms with Crippen molar-refractivity contribution < 1.29 is 4.74 Å². The number of aromatic nitrogens is 2. The molecule has 1 aliphatic heterocycles. The van der Waals surface area contributed by atoms with E-state index in [1.807, 2.05) is 13.8 Å². The zero-order chi connectivity index (χ0) is 12.5. The van der Waals surface area contributed by atoms with Crippen molar-refractivity contribution in [2.24, 2.45) is 0 Å². The SMILES string of the molecule is Cc1c(Cl)nnc(NC2(C)CCCOC2)c1C. The van der Waals surface area contributed by atoms with Gasteiger partial charge >= 0.3 is 0 Å². The van der Waals surface area contributed by atoms with Crippen LogP contribution < -0.4 is 5.32 Å². The average molecular weight is 256 g/mol. The summed E-state index contributed by atoms with van der Waals surface area (Å²) >= 11 is 5.94. The molecule has 94 valence electrons. The molecule has 1 aromatic heterocycles. The summed E-state index contributed by atoms with van der Waals surface area (Å²) < 4.78 is 5.51. The van der Waals surface area contributed by atoms with Crippen molar-refractivity contribution >= 4 is 17.4 Å². The van der Waals surface area contributed by atoms with Crippen LogP contribution in [-0.2, 0) is 4.74 Å². The van der Waals surface area contributed by atoms with Crippen LogP contribution in [0.15, 0.2) is 0 Å². The predicted octanol–water partition coefficient (Wildman–Crippen LogP) is 2.73. The first-order chi connectivity index (χ1) is 8.02. The zero-order valence-corrected chi connectivity index (χ0v) is 11.3. The molecule has 2 heterocycles. The number of ether oxygens (including phenoxy) is 1. The quantitative estimate of drug-likeness (QED) is 0.883. The van der Waals surface area contributed by atoms with Crippen LogP contribution in [0.2, 0.25) is 5.15 Å².